The molecule has 92 valence electrons. The van der Waals surface area contributed by atoms with E-state index in [1.807, 2.05) is 20.8 Å². The zero-order valence-corrected chi connectivity index (χ0v) is 10.6. The summed E-state index contributed by atoms with van der Waals surface area (Å²) in [6.45, 7) is 6.08. The molecule has 1 aromatic rings. The number of aromatic nitrogens is 1. The topological polar surface area (TPSA) is 88.0 Å². The molecule has 0 aliphatic rings. The van der Waals surface area contributed by atoms with E-state index < -0.39 is 10.0 Å². The summed E-state index contributed by atoms with van der Waals surface area (Å²) in [5.41, 5.74) is 6.12. The van der Waals surface area contributed by atoms with Crippen molar-refractivity contribution in [2.45, 2.75) is 38.3 Å². The smallest absolute Gasteiger partial charge is 0.242 e. The maximum Gasteiger partial charge on any atom is 0.242 e. The van der Waals surface area contributed by atoms with Crippen LogP contribution in [0.5, 0.6) is 0 Å². The lowest BCUT2D eigenvalue weighted by atomic mass is 10.1. The molecule has 0 bridgehead atoms. The van der Waals surface area contributed by atoms with E-state index in [2.05, 4.69) is 9.71 Å². The molecule has 4 N–H and O–H groups in total. The standard InChI is InChI=1S/C10H19N3O2S/c1-7(2)8(3)13-16(14,15)10-4-9(5-11)12-6-10/h4,6-8,12-13H,5,11H2,1-3H3. The van der Waals surface area contributed by atoms with Crippen molar-refractivity contribution in [1.29, 1.82) is 0 Å². The van der Waals surface area contributed by atoms with Crippen molar-refractivity contribution in [1.82, 2.24) is 9.71 Å². The van der Waals surface area contributed by atoms with Gasteiger partial charge in [0.05, 0.1) is 4.90 Å². The highest BCUT2D eigenvalue weighted by Gasteiger charge is 2.20. The molecule has 0 spiro atoms. The molecule has 1 heterocycles. The van der Waals surface area contributed by atoms with Crippen LogP contribution in [0.3, 0.4) is 0 Å². The van der Waals surface area contributed by atoms with Gasteiger partial charge < -0.3 is 10.7 Å². The second-order valence-corrected chi connectivity index (χ2v) is 5.93. The van der Waals surface area contributed by atoms with E-state index >= 15 is 0 Å². The lowest BCUT2D eigenvalue weighted by molar-refractivity contribution is 0.476. The minimum atomic E-state index is -3.43. The van der Waals surface area contributed by atoms with E-state index in [1.165, 1.54) is 6.20 Å². The number of H-pyrrole nitrogens is 1. The number of aromatic amines is 1. The molecule has 0 aromatic carbocycles. The first kappa shape index (κ1) is 13.2. The SMILES string of the molecule is CC(C)C(C)NS(=O)(=O)c1c[nH]c(CN)c1. The van der Waals surface area contributed by atoms with Gasteiger partial charge in [0.15, 0.2) is 0 Å². The summed E-state index contributed by atoms with van der Waals surface area (Å²) in [6.07, 6.45) is 1.46. The average molecular weight is 245 g/mol. The maximum atomic E-state index is 11.9. The quantitative estimate of drug-likeness (QED) is 0.717. The Morgan fingerprint density at radius 2 is 2.06 bits per heavy atom. The normalized spacial score (nSPS) is 14.3. The maximum absolute atomic E-state index is 11.9. The predicted octanol–water partition coefficient (Wildman–Crippen LogP) is 0.796. The van der Waals surface area contributed by atoms with Gasteiger partial charge in [0.25, 0.3) is 0 Å². The summed E-state index contributed by atoms with van der Waals surface area (Å²) in [5, 5.41) is 0. The highest BCUT2D eigenvalue weighted by Crippen LogP contribution is 2.12. The van der Waals surface area contributed by atoms with Crippen molar-refractivity contribution in [2.75, 3.05) is 0 Å². The van der Waals surface area contributed by atoms with Crippen LogP contribution in [-0.2, 0) is 16.6 Å². The van der Waals surface area contributed by atoms with Crippen LogP contribution in [0.2, 0.25) is 0 Å². The molecule has 1 aromatic heterocycles. The predicted molar refractivity (Wildman–Crippen MR) is 63.3 cm³/mol. The number of rotatable bonds is 5. The first-order valence-electron chi connectivity index (χ1n) is 5.26. The van der Waals surface area contributed by atoms with E-state index in [1.54, 1.807) is 6.07 Å². The molecule has 1 rings (SSSR count). The minimum absolute atomic E-state index is 0.0961. The van der Waals surface area contributed by atoms with E-state index in [0.717, 1.165) is 0 Å². The van der Waals surface area contributed by atoms with Gasteiger partial charge in [0.2, 0.25) is 10.0 Å². The lowest BCUT2D eigenvalue weighted by Crippen LogP contribution is -2.35. The zero-order valence-electron chi connectivity index (χ0n) is 9.82. The lowest BCUT2D eigenvalue weighted by Gasteiger charge is -2.16. The Balaban J connectivity index is 2.86. The Labute approximate surface area is 96.5 Å². The molecule has 6 heteroatoms. The minimum Gasteiger partial charge on any atom is -0.363 e. The van der Waals surface area contributed by atoms with Crippen molar-refractivity contribution >= 4 is 10.0 Å². The fourth-order valence-corrected chi connectivity index (χ4v) is 2.55. The van der Waals surface area contributed by atoms with Crippen molar-refractivity contribution in [3.05, 3.63) is 18.0 Å². The summed E-state index contributed by atoms with van der Waals surface area (Å²) in [6, 6.07) is 1.45. The van der Waals surface area contributed by atoms with Crippen LogP contribution in [-0.4, -0.2) is 19.4 Å². The fourth-order valence-electron chi connectivity index (χ4n) is 1.14. The largest absolute Gasteiger partial charge is 0.363 e. The van der Waals surface area contributed by atoms with E-state index in [9.17, 15) is 8.42 Å². The number of hydrogen-bond acceptors (Lipinski definition) is 3. The van der Waals surface area contributed by atoms with E-state index in [-0.39, 0.29) is 16.9 Å². The molecule has 0 saturated heterocycles. The van der Waals surface area contributed by atoms with Gasteiger partial charge in [0.1, 0.15) is 0 Å². The summed E-state index contributed by atoms with van der Waals surface area (Å²) < 4.78 is 26.4. The van der Waals surface area contributed by atoms with Gasteiger partial charge in [-0.1, -0.05) is 13.8 Å². The second-order valence-electron chi connectivity index (χ2n) is 4.22. The molecule has 0 aliphatic heterocycles. The molecule has 1 atom stereocenters. The third-order valence-corrected chi connectivity index (χ3v) is 4.13. The summed E-state index contributed by atoms with van der Waals surface area (Å²) in [7, 11) is -3.43. The first-order valence-corrected chi connectivity index (χ1v) is 6.75. The first-order chi connectivity index (χ1) is 7.36. The van der Waals surface area contributed by atoms with E-state index in [0.29, 0.717) is 12.2 Å². The molecule has 0 aliphatic carbocycles. The summed E-state index contributed by atoms with van der Waals surface area (Å²) in [4.78, 5) is 3.06. The second kappa shape index (κ2) is 4.99. The number of nitrogens with two attached hydrogens (primary N) is 1. The average Bonchev–Trinajstić information content (AvgIpc) is 2.65. The molecular formula is C10H19N3O2S. The van der Waals surface area contributed by atoms with Crippen LogP contribution < -0.4 is 10.5 Å². The van der Waals surface area contributed by atoms with Gasteiger partial charge in [0, 0.05) is 24.5 Å². The van der Waals surface area contributed by atoms with Crippen molar-refractivity contribution < 1.29 is 8.42 Å². The van der Waals surface area contributed by atoms with Gasteiger partial charge >= 0.3 is 0 Å². The van der Waals surface area contributed by atoms with Crippen molar-refractivity contribution in [3.63, 3.8) is 0 Å². The molecule has 0 amide bonds. The number of sulfonamides is 1. The number of nitrogens with one attached hydrogen (secondary N) is 2. The molecule has 16 heavy (non-hydrogen) atoms. The Kier molecular flexibility index (Phi) is 4.12. The Morgan fingerprint density at radius 3 is 2.50 bits per heavy atom. The van der Waals surface area contributed by atoms with Crippen LogP contribution in [0.25, 0.3) is 0 Å². The highest BCUT2D eigenvalue weighted by molar-refractivity contribution is 7.89. The van der Waals surface area contributed by atoms with Gasteiger partial charge in [-0.15, -0.1) is 0 Å². The van der Waals surface area contributed by atoms with Crippen molar-refractivity contribution in [2.24, 2.45) is 11.7 Å². The summed E-state index contributed by atoms with van der Waals surface area (Å²) >= 11 is 0. The van der Waals surface area contributed by atoms with Crippen LogP contribution in [0.1, 0.15) is 26.5 Å². The zero-order chi connectivity index (χ0) is 12.3. The molecular weight excluding hydrogens is 226 g/mol. The Bertz CT molecular complexity index is 437. The monoisotopic (exact) mass is 245 g/mol. The highest BCUT2D eigenvalue weighted by atomic mass is 32.2. The van der Waals surface area contributed by atoms with Crippen molar-refractivity contribution in [3.8, 4) is 0 Å². The Hall–Kier alpha value is -0.850. The number of hydrogen-bond donors (Lipinski definition) is 3. The van der Waals surface area contributed by atoms with Crippen LogP contribution >= 0.6 is 0 Å². The van der Waals surface area contributed by atoms with E-state index in [4.69, 9.17) is 5.73 Å². The van der Waals surface area contributed by atoms with Gasteiger partial charge in [-0.05, 0) is 18.9 Å². The third kappa shape index (κ3) is 3.07. The van der Waals surface area contributed by atoms with Gasteiger partial charge in [-0.25, -0.2) is 13.1 Å². The molecule has 0 saturated carbocycles. The van der Waals surface area contributed by atoms with Gasteiger partial charge in [-0.2, -0.15) is 0 Å². The van der Waals surface area contributed by atoms with Gasteiger partial charge in [-0.3, -0.25) is 0 Å². The van der Waals surface area contributed by atoms with Crippen LogP contribution in [0.4, 0.5) is 0 Å². The molecule has 5 nitrogen and oxygen atoms in total. The third-order valence-electron chi connectivity index (χ3n) is 2.59. The molecule has 0 fully saturated rings. The Morgan fingerprint density at radius 1 is 1.44 bits per heavy atom. The van der Waals surface area contributed by atoms with Crippen LogP contribution in [0, 0.1) is 5.92 Å². The van der Waals surface area contributed by atoms with Crippen LogP contribution in [0.15, 0.2) is 17.2 Å². The fraction of sp³-hybridized carbons (Fsp3) is 0.600. The summed E-state index contributed by atoms with van der Waals surface area (Å²) in [5.74, 6) is 0.252. The molecule has 1 unspecified atom stereocenters. The molecule has 0 radical (unpaired) electrons.